The van der Waals surface area contributed by atoms with Gasteiger partial charge in [-0.25, -0.2) is 14.7 Å². The van der Waals surface area contributed by atoms with Crippen LogP contribution in [0.4, 0.5) is 27.9 Å². The van der Waals surface area contributed by atoms with Gasteiger partial charge in [-0.1, -0.05) is 42.5 Å². The zero-order chi connectivity index (χ0) is 30.1. The lowest BCUT2D eigenvalue weighted by Crippen LogP contribution is -2.45. The number of carbonyl (C=O) groups excluding carboxylic acids is 2. The molecule has 4 rings (SSSR count). The zero-order valence-corrected chi connectivity index (χ0v) is 24.1. The highest BCUT2D eigenvalue weighted by Gasteiger charge is 2.33. The number of nitrogens with two attached hydrogens (primary N) is 1. The van der Waals surface area contributed by atoms with Gasteiger partial charge in [0.15, 0.2) is 5.82 Å². The molecule has 2 aromatic carbocycles. The van der Waals surface area contributed by atoms with E-state index in [2.05, 4.69) is 20.6 Å². The Balaban J connectivity index is 1.71. The van der Waals surface area contributed by atoms with Crippen LogP contribution in [0.15, 0.2) is 89.5 Å². The Morgan fingerprint density at radius 1 is 1.17 bits per heavy atom. The third kappa shape index (κ3) is 7.49. The second-order valence-electron chi connectivity index (χ2n) is 9.70. The third-order valence-corrected chi connectivity index (χ3v) is 6.19. The van der Waals surface area contributed by atoms with Crippen LogP contribution in [-0.4, -0.2) is 72.7 Å². The number of nitrogens with one attached hydrogen (secondary N) is 2. The number of methoxy groups -OCH3 is 1. The lowest BCUT2D eigenvalue weighted by atomic mass is 10.1. The number of aliphatic imine (C=N–C) groups is 1. The molecule has 0 spiro atoms. The van der Waals surface area contributed by atoms with Crippen molar-refractivity contribution in [2.75, 3.05) is 50.3 Å². The van der Waals surface area contributed by atoms with Gasteiger partial charge in [-0.2, -0.15) is 4.98 Å². The Morgan fingerprint density at radius 2 is 1.95 bits per heavy atom. The Kier molecular flexibility index (Phi) is 9.85. The molecule has 3 amide bonds. The lowest BCUT2D eigenvalue weighted by molar-refractivity contribution is -0.111. The first-order valence-corrected chi connectivity index (χ1v) is 13.2. The van der Waals surface area contributed by atoms with Crippen molar-refractivity contribution in [1.82, 2.24) is 19.8 Å². The van der Waals surface area contributed by atoms with E-state index >= 15 is 0 Å². The lowest BCUT2D eigenvalue weighted by Gasteiger charge is -2.36. The number of fused-ring (bicyclic) bond motifs is 1. The van der Waals surface area contributed by atoms with Gasteiger partial charge in [0.2, 0.25) is 17.7 Å². The van der Waals surface area contributed by atoms with Gasteiger partial charge in [0.1, 0.15) is 5.70 Å². The smallest absolute Gasteiger partial charge is 0.330 e. The average molecular weight is 570 g/mol. The summed E-state index contributed by atoms with van der Waals surface area (Å²) in [7, 11) is 6.89. The van der Waals surface area contributed by atoms with Gasteiger partial charge in [-0.3, -0.25) is 9.79 Å². The molecule has 0 saturated carbocycles. The quantitative estimate of drug-likeness (QED) is 0.180. The largest absolute Gasteiger partial charge is 0.481 e. The number of amides is 3. The third-order valence-electron chi connectivity index (χ3n) is 6.19. The molecule has 1 aromatic heterocycles. The normalized spacial score (nSPS) is 13.9. The minimum absolute atomic E-state index is 0.104. The molecule has 0 fully saturated rings. The van der Waals surface area contributed by atoms with E-state index in [1.807, 2.05) is 49.3 Å². The molecule has 3 aromatic rings. The first-order chi connectivity index (χ1) is 20.3. The summed E-state index contributed by atoms with van der Waals surface area (Å²) < 4.78 is 5.14. The SMILES string of the molecule is CN=C/C(Nc1ncc2c(n1)N(c1cccc(NC(=O)/C=C/CN(C)C)c1)C(=O)N(Cc1ccccc1)C2)=C(\N)OC. The van der Waals surface area contributed by atoms with Crippen LogP contribution in [0.2, 0.25) is 0 Å². The monoisotopic (exact) mass is 569 g/mol. The van der Waals surface area contributed by atoms with Gasteiger partial charge in [0, 0.05) is 49.9 Å². The maximum absolute atomic E-state index is 14.0. The molecule has 42 heavy (non-hydrogen) atoms. The fraction of sp³-hybridized carbons (Fsp3) is 0.233. The summed E-state index contributed by atoms with van der Waals surface area (Å²) in [6.45, 7) is 1.34. The number of hydrogen-bond donors (Lipinski definition) is 3. The van der Waals surface area contributed by atoms with E-state index < -0.39 is 0 Å². The second kappa shape index (κ2) is 13.9. The number of nitrogens with zero attached hydrogens (tertiary/aromatic N) is 6. The van der Waals surface area contributed by atoms with Gasteiger partial charge in [0.25, 0.3) is 0 Å². The standard InChI is InChI=1S/C30H35N9O3/c1-32-18-25(27(31)42-4)35-29-33-17-22-20-38(19-21-10-6-5-7-11-21)30(41)39(28(22)36-29)24-13-8-12-23(16-24)34-26(40)14-9-15-37(2)3/h5-14,16-18H,15,19-20,31H2,1-4H3,(H,34,40)(H,33,35,36)/b14-9+,27-25-,32-18?. The highest BCUT2D eigenvalue weighted by molar-refractivity contribution is 6.03. The van der Waals surface area contributed by atoms with E-state index in [9.17, 15) is 9.59 Å². The van der Waals surface area contributed by atoms with E-state index in [0.717, 1.165) is 11.1 Å². The van der Waals surface area contributed by atoms with Crippen molar-refractivity contribution in [1.29, 1.82) is 0 Å². The van der Waals surface area contributed by atoms with Crippen LogP contribution >= 0.6 is 0 Å². The van der Waals surface area contributed by atoms with Crippen molar-refractivity contribution in [2.45, 2.75) is 13.1 Å². The molecular weight excluding hydrogens is 534 g/mol. The molecule has 2 heterocycles. The number of carbonyl (C=O) groups is 2. The van der Waals surface area contributed by atoms with Crippen LogP contribution in [0.1, 0.15) is 11.1 Å². The Hall–Kier alpha value is -5.23. The summed E-state index contributed by atoms with van der Waals surface area (Å²) in [5, 5.41) is 5.89. The van der Waals surface area contributed by atoms with Crippen LogP contribution < -0.4 is 21.3 Å². The van der Waals surface area contributed by atoms with Gasteiger partial charge in [-0.05, 0) is 37.9 Å². The van der Waals surface area contributed by atoms with Gasteiger partial charge in [-0.15, -0.1) is 0 Å². The first kappa shape index (κ1) is 29.7. The summed E-state index contributed by atoms with van der Waals surface area (Å²) in [5.41, 5.74) is 9.12. The van der Waals surface area contributed by atoms with Crippen LogP contribution in [0.3, 0.4) is 0 Å². The van der Waals surface area contributed by atoms with Gasteiger partial charge >= 0.3 is 6.03 Å². The van der Waals surface area contributed by atoms with E-state index in [-0.39, 0.29) is 23.8 Å². The summed E-state index contributed by atoms with van der Waals surface area (Å²) in [5.74, 6) is 0.437. The fourth-order valence-corrected chi connectivity index (χ4v) is 4.22. The molecule has 0 bridgehead atoms. The van der Waals surface area contributed by atoms with Crippen molar-refractivity contribution in [2.24, 2.45) is 10.7 Å². The van der Waals surface area contributed by atoms with Crippen LogP contribution in [0.5, 0.6) is 0 Å². The molecule has 0 unspecified atom stereocenters. The van der Waals surface area contributed by atoms with Gasteiger partial charge in [0.05, 0.1) is 19.3 Å². The number of urea groups is 1. The van der Waals surface area contributed by atoms with Gasteiger partial charge < -0.3 is 30.9 Å². The van der Waals surface area contributed by atoms with Crippen LogP contribution in [0.25, 0.3) is 0 Å². The average Bonchev–Trinajstić information content (AvgIpc) is 2.97. The topological polar surface area (TPSA) is 141 Å². The van der Waals surface area contributed by atoms with Crippen molar-refractivity contribution < 1.29 is 14.3 Å². The minimum Gasteiger partial charge on any atom is -0.481 e. The number of ether oxygens (including phenoxy) is 1. The molecule has 12 nitrogen and oxygen atoms in total. The van der Waals surface area contributed by atoms with E-state index in [1.165, 1.54) is 24.3 Å². The summed E-state index contributed by atoms with van der Waals surface area (Å²) in [4.78, 5) is 44.9. The van der Waals surface area contributed by atoms with Crippen molar-refractivity contribution in [3.05, 3.63) is 95.7 Å². The zero-order valence-electron chi connectivity index (χ0n) is 24.1. The highest BCUT2D eigenvalue weighted by Crippen LogP contribution is 2.35. The predicted molar refractivity (Wildman–Crippen MR) is 164 cm³/mol. The maximum Gasteiger partial charge on any atom is 0.330 e. The number of likely N-dealkylation sites (N-methyl/N-ethyl adjacent to an activating group) is 1. The summed E-state index contributed by atoms with van der Waals surface area (Å²) >= 11 is 0. The summed E-state index contributed by atoms with van der Waals surface area (Å²) in [6.07, 6.45) is 6.42. The van der Waals surface area contributed by atoms with Crippen LogP contribution in [-0.2, 0) is 22.6 Å². The van der Waals surface area contributed by atoms with Crippen molar-refractivity contribution in [3.63, 3.8) is 0 Å². The van der Waals surface area contributed by atoms with Crippen molar-refractivity contribution in [3.8, 4) is 0 Å². The predicted octanol–water partition coefficient (Wildman–Crippen LogP) is 3.69. The number of benzene rings is 2. The summed E-state index contributed by atoms with van der Waals surface area (Å²) in [6, 6.07) is 16.5. The molecule has 0 atom stereocenters. The van der Waals surface area contributed by atoms with E-state index in [1.54, 1.807) is 48.5 Å². The highest BCUT2D eigenvalue weighted by atomic mass is 16.5. The van der Waals surface area contributed by atoms with Crippen molar-refractivity contribution >= 4 is 41.3 Å². The second-order valence-corrected chi connectivity index (χ2v) is 9.70. The van der Waals surface area contributed by atoms with E-state index in [0.29, 0.717) is 42.5 Å². The molecule has 12 heteroatoms. The Labute approximate surface area is 245 Å². The number of allylic oxidation sites excluding steroid dienone is 1. The molecule has 1 aliphatic heterocycles. The Morgan fingerprint density at radius 3 is 2.67 bits per heavy atom. The molecule has 4 N–H and O–H groups in total. The molecule has 0 aliphatic carbocycles. The molecule has 218 valence electrons. The molecule has 0 saturated heterocycles. The molecular formula is C30H35N9O3. The first-order valence-electron chi connectivity index (χ1n) is 13.2. The number of anilines is 4. The Bertz CT molecular complexity index is 1500. The maximum atomic E-state index is 14.0. The number of rotatable bonds is 11. The number of hydrogen-bond acceptors (Lipinski definition) is 9. The number of aromatic nitrogens is 2. The fourth-order valence-electron chi connectivity index (χ4n) is 4.22. The minimum atomic E-state index is -0.272. The molecule has 1 aliphatic rings. The molecule has 0 radical (unpaired) electrons. The van der Waals surface area contributed by atoms with E-state index in [4.69, 9.17) is 15.5 Å². The van der Waals surface area contributed by atoms with Crippen LogP contribution in [0, 0.1) is 0 Å².